The molecule has 1 aromatic rings. The van der Waals surface area contributed by atoms with E-state index in [0.29, 0.717) is 0 Å². The summed E-state index contributed by atoms with van der Waals surface area (Å²) in [5.41, 5.74) is -0.599. The van der Waals surface area contributed by atoms with Crippen molar-refractivity contribution in [3.63, 3.8) is 0 Å². The molecule has 0 saturated carbocycles. The van der Waals surface area contributed by atoms with Crippen molar-refractivity contribution in [1.82, 2.24) is 0 Å². The molecule has 0 fully saturated rings. The van der Waals surface area contributed by atoms with E-state index >= 15 is 0 Å². The Bertz CT molecular complexity index is 465. The lowest BCUT2D eigenvalue weighted by atomic mass is 10.1. The molecule has 0 aliphatic heterocycles. The van der Waals surface area contributed by atoms with Gasteiger partial charge in [-0.3, -0.25) is 0 Å². The zero-order chi connectivity index (χ0) is 12.6. The van der Waals surface area contributed by atoms with Gasteiger partial charge in [-0.25, -0.2) is 8.42 Å². The monoisotopic (exact) mass is 272 g/mol. The lowest BCUT2D eigenvalue weighted by molar-refractivity contribution is -0.137. The summed E-state index contributed by atoms with van der Waals surface area (Å²) in [6.07, 6.45) is -4.43. The highest BCUT2D eigenvalue weighted by Crippen LogP contribution is 2.31. The molecular formula is C9H8ClF3O2S. The third-order valence-electron chi connectivity index (χ3n) is 2.13. The van der Waals surface area contributed by atoms with Gasteiger partial charge in [0.05, 0.1) is 10.8 Å². The van der Waals surface area contributed by atoms with E-state index in [0.717, 1.165) is 24.3 Å². The van der Waals surface area contributed by atoms with Crippen LogP contribution in [0.25, 0.3) is 0 Å². The van der Waals surface area contributed by atoms with E-state index in [1.54, 1.807) is 0 Å². The third kappa shape index (κ3) is 3.12. The largest absolute Gasteiger partial charge is 0.416 e. The second kappa shape index (κ2) is 4.25. The normalized spacial score (nSPS) is 14.8. The van der Waals surface area contributed by atoms with Crippen molar-refractivity contribution in [3.8, 4) is 0 Å². The Morgan fingerprint density at radius 3 is 1.94 bits per heavy atom. The third-order valence-corrected chi connectivity index (χ3v) is 4.05. The Morgan fingerprint density at radius 1 is 1.19 bits per heavy atom. The predicted molar refractivity (Wildman–Crippen MR) is 54.6 cm³/mol. The van der Waals surface area contributed by atoms with Gasteiger partial charge in [0.1, 0.15) is 0 Å². The molecule has 0 N–H and O–H groups in total. The Hall–Kier alpha value is -0.750. The Kier molecular flexibility index (Phi) is 3.54. The summed E-state index contributed by atoms with van der Waals surface area (Å²) in [5.74, 6) is 0. The van der Waals surface area contributed by atoms with E-state index in [1.165, 1.54) is 6.92 Å². The summed E-state index contributed by atoms with van der Waals surface area (Å²) in [5, 5.41) is -1.03. The van der Waals surface area contributed by atoms with Crippen LogP contribution in [0.3, 0.4) is 0 Å². The first-order valence-corrected chi connectivity index (χ1v) is 6.60. The number of hydrogen-bond acceptors (Lipinski definition) is 2. The van der Waals surface area contributed by atoms with Crippen molar-refractivity contribution in [1.29, 1.82) is 0 Å². The molecule has 2 nitrogen and oxygen atoms in total. The van der Waals surface area contributed by atoms with Crippen LogP contribution in [-0.2, 0) is 15.2 Å². The fraction of sp³-hybridized carbons (Fsp3) is 0.333. The molecular weight excluding hydrogens is 265 g/mol. The fourth-order valence-electron chi connectivity index (χ4n) is 1.11. The van der Waals surface area contributed by atoms with Crippen LogP contribution < -0.4 is 0 Å². The topological polar surface area (TPSA) is 34.1 Å². The number of rotatable bonds is 2. The maximum absolute atomic E-state index is 12.2. The summed E-state index contributed by atoms with van der Waals surface area (Å²) >= 11 is 0. The first-order valence-electron chi connectivity index (χ1n) is 4.23. The van der Waals surface area contributed by atoms with Crippen LogP contribution in [0, 0.1) is 0 Å². The van der Waals surface area contributed by atoms with E-state index < -0.39 is 26.0 Å². The average Bonchev–Trinajstić information content (AvgIpc) is 2.14. The molecule has 16 heavy (non-hydrogen) atoms. The van der Waals surface area contributed by atoms with Gasteiger partial charge < -0.3 is 0 Å². The molecule has 0 spiro atoms. The maximum atomic E-state index is 12.2. The molecule has 0 saturated heterocycles. The van der Waals surface area contributed by atoms with Crippen molar-refractivity contribution in [2.75, 3.05) is 0 Å². The van der Waals surface area contributed by atoms with Crippen LogP contribution in [0.4, 0.5) is 13.2 Å². The maximum Gasteiger partial charge on any atom is 0.416 e. The Labute approximate surface area is 95.5 Å². The molecule has 0 aliphatic carbocycles. The summed E-state index contributed by atoms with van der Waals surface area (Å²) in [7, 11) is 1.28. The van der Waals surface area contributed by atoms with E-state index in [4.69, 9.17) is 10.7 Å². The van der Waals surface area contributed by atoms with Crippen LogP contribution in [0.5, 0.6) is 0 Å². The van der Waals surface area contributed by atoms with Gasteiger partial charge in [0.15, 0.2) is 0 Å². The van der Waals surface area contributed by atoms with Gasteiger partial charge in [0, 0.05) is 10.7 Å². The summed E-state index contributed by atoms with van der Waals surface area (Å²) in [6.45, 7) is 1.31. The minimum absolute atomic E-state index is 0.225. The van der Waals surface area contributed by atoms with E-state index in [1.807, 2.05) is 0 Å². The molecule has 1 rings (SSSR count). The standard InChI is InChI=1S/C9H8ClF3O2S/c1-6(16(10,14)15)7-2-4-8(5-3-7)9(11,12)13/h2-6H,1H3. The van der Waals surface area contributed by atoms with Gasteiger partial charge in [-0.15, -0.1) is 0 Å². The highest BCUT2D eigenvalue weighted by molar-refractivity contribution is 8.13. The van der Waals surface area contributed by atoms with Gasteiger partial charge >= 0.3 is 6.18 Å². The number of halogens is 4. The minimum atomic E-state index is -4.43. The molecule has 7 heteroatoms. The number of hydrogen-bond donors (Lipinski definition) is 0. The zero-order valence-corrected chi connectivity index (χ0v) is 9.70. The molecule has 0 bridgehead atoms. The van der Waals surface area contributed by atoms with Gasteiger partial charge in [-0.05, 0) is 24.6 Å². The molecule has 0 aromatic heterocycles. The van der Waals surface area contributed by atoms with E-state index in [-0.39, 0.29) is 5.56 Å². The van der Waals surface area contributed by atoms with Crippen LogP contribution in [0.2, 0.25) is 0 Å². The van der Waals surface area contributed by atoms with Gasteiger partial charge in [0.2, 0.25) is 9.05 Å². The van der Waals surface area contributed by atoms with Crippen LogP contribution in [0.15, 0.2) is 24.3 Å². The van der Waals surface area contributed by atoms with E-state index in [2.05, 4.69) is 0 Å². The van der Waals surface area contributed by atoms with Crippen LogP contribution >= 0.6 is 10.7 Å². The highest BCUT2D eigenvalue weighted by atomic mass is 35.7. The van der Waals surface area contributed by atoms with E-state index in [9.17, 15) is 21.6 Å². The second-order valence-corrected chi connectivity index (χ2v) is 6.19. The molecule has 0 heterocycles. The fourth-order valence-corrected chi connectivity index (χ4v) is 1.90. The van der Waals surface area contributed by atoms with Gasteiger partial charge in [0.25, 0.3) is 0 Å². The Balaban J connectivity index is 3.05. The van der Waals surface area contributed by atoms with Crippen molar-refractivity contribution in [2.24, 2.45) is 0 Å². The number of alkyl halides is 3. The molecule has 0 radical (unpaired) electrons. The van der Waals surface area contributed by atoms with Crippen LogP contribution in [-0.4, -0.2) is 8.42 Å². The average molecular weight is 273 g/mol. The van der Waals surface area contributed by atoms with Crippen molar-refractivity contribution >= 4 is 19.7 Å². The first-order chi connectivity index (χ1) is 7.12. The Morgan fingerprint density at radius 2 is 1.62 bits per heavy atom. The predicted octanol–water partition coefficient (Wildman–Crippen LogP) is 3.34. The summed E-state index contributed by atoms with van der Waals surface area (Å²) in [6, 6.07) is 3.86. The molecule has 0 aliphatic rings. The van der Waals surface area contributed by atoms with Gasteiger partial charge in [-0.1, -0.05) is 12.1 Å². The lowest BCUT2D eigenvalue weighted by Gasteiger charge is -2.10. The molecule has 0 amide bonds. The first kappa shape index (κ1) is 13.3. The van der Waals surface area contributed by atoms with Crippen molar-refractivity contribution in [3.05, 3.63) is 35.4 Å². The molecule has 1 aromatic carbocycles. The highest BCUT2D eigenvalue weighted by Gasteiger charge is 2.30. The molecule has 1 unspecified atom stereocenters. The quantitative estimate of drug-likeness (QED) is 0.774. The summed E-state index contributed by atoms with van der Waals surface area (Å²) in [4.78, 5) is 0. The van der Waals surface area contributed by atoms with Crippen molar-refractivity contribution in [2.45, 2.75) is 18.3 Å². The minimum Gasteiger partial charge on any atom is -0.212 e. The SMILES string of the molecule is CC(c1ccc(C(F)(F)F)cc1)S(=O)(=O)Cl. The van der Waals surface area contributed by atoms with Crippen molar-refractivity contribution < 1.29 is 21.6 Å². The summed E-state index contributed by atoms with van der Waals surface area (Å²) < 4.78 is 58.5. The zero-order valence-electron chi connectivity index (χ0n) is 8.12. The molecule has 90 valence electrons. The van der Waals surface area contributed by atoms with Crippen LogP contribution in [0.1, 0.15) is 23.3 Å². The second-order valence-electron chi connectivity index (χ2n) is 3.24. The lowest BCUT2D eigenvalue weighted by Crippen LogP contribution is -2.06. The number of benzene rings is 1. The smallest absolute Gasteiger partial charge is 0.212 e. The van der Waals surface area contributed by atoms with Gasteiger partial charge in [-0.2, -0.15) is 13.2 Å². The molecule has 1 atom stereocenters.